The number of pyridine rings is 1. The Morgan fingerprint density at radius 3 is 2.47 bits per heavy atom. The predicted molar refractivity (Wildman–Crippen MR) is 66.0 cm³/mol. The van der Waals surface area contributed by atoms with Crippen LogP contribution in [0, 0.1) is 20.8 Å². The van der Waals surface area contributed by atoms with Crippen molar-refractivity contribution in [2.75, 3.05) is 0 Å². The first-order valence-corrected chi connectivity index (χ1v) is 5.47. The van der Waals surface area contributed by atoms with Crippen LogP contribution in [0.1, 0.15) is 27.3 Å². The Labute approximate surface area is 100 Å². The molecule has 0 unspecified atom stereocenters. The summed E-state index contributed by atoms with van der Waals surface area (Å²) >= 11 is 0. The Morgan fingerprint density at radius 2 is 1.88 bits per heavy atom. The molecule has 0 aliphatic rings. The van der Waals surface area contributed by atoms with Crippen LogP contribution in [0.15, 0.2) is 12.1 Å². The number of aryl methyl sites for hydroxylation is 4. The highest BCUT2D eigenvalue weighted by molar-refractivity contribution is 5.75. The average molecular weight is 229 g/mol. The Kier molecular flexibility index (Phi) is 2.79. The van der Waals surface area contributed by atoms with Gasteiger partial charge in [0.15, 0.2) is 6.29 Å². The van der Waals surface area contributed by atoms with E-state index in [-0.39, 0.29) is 0 Å². The highest BCUT2D eigenvalue weighted by Crippen LogP contribution is 2.22. The lowest BCUT2D eigenvalue weighted by Crippen LogP contribution is -1.97. The van der Waals surface area contributed by atoms with E-state index in [2.05, 4.69) is 16.1 Å². The summed E-state index contributed by atoms with van der Waals surface area (Å²) in [6.07, 6.45) is 0.798. The van der Waals surface area contributed by atoms with Gasteiger partial charge in [0.2, 0.25) is 0 Å². The third-order valence-corrected chi connectivity index (χ3v) is 2.94. The molecule has 2 heterocycles. The molecule has 2 aromatic rings. The highest BCUT2D eigenvalue weighted by atomic mass is 16.1. The van der Waals surface area contributed by atoms with Gasteiger partial charge in [0.1, 0.15) is 11.4 Å². The Hall–Kier alpha value is -1.97. The summed E-state index contributed by atoms with van der Waals surface area (Å²) < 4.78 is 1.57. The normalized spacial score (nSPS) is 10.6. The van der Waals surface area contributed by atoms with Gasteiger partial charge >= 0.3 is 0 Å². The molecule has 0 fully saturated rings. The molecule has 0 amide bonds. The number of carbonyl (C=O) groups is 1. The fraction of sp³-hybridized carbons (Fsp3) is 0.308. The lowest BCUT2D eigenvalue weighted by Gasteiger charge is -2.06. The zero-order valence-electron chi connectivity index (χ0n) is 10.5. The molecule has 0 atom stereocenters. The predicted octanol–water partition coefficient (Wildman–Crippen LogP) is 2.22. The van der Waals surface area contributed by atoms with Gasteiger partial charge in [0, 0.05) is 12.7 Å². The van der Waals surface area contributed by atoms with Gasteiger partial charge in [0.05, 0.1) is 5.69 Å². The number of aldehydes is 1. The summed E-state index contributed by atoms with van der Waals surface area (Å²) in [7, 11) is 1.75. The molecule has 0 bridgehead atoms. The zero-order chi connectivity index (χ0) is 12.6. The number of rotatable bonds is 2. The van der Waals surface area contributed by atoms with Crippen molar-refractivity contribution < 1.29 is 4.79 Å². The largest absolute Gasteiger partial charge is 0.296 e. The lowest BCUT2D eigenvalue weighted by atomic mass is 10.1. The molecule has 0 saturated heterocycles. The molecule has 0 spiro atoms. The molecule has 17 heavy (non-hydrogen) atoms. The smallest absolute Gasteiger partial charge is 0.168 e. The van der Waals surface area contributed by atoms with E-state index in [0.29, 0.717) is 5.69 Å². The number of hydrogen-bond acceptors (Lipinski definition) is 3. The third-order valence-electron chi connectivity index (χ3n) is 2.94. The highest BCUT2D eigenvalue weighted by Gasteiger charge is 2.11. The Balaban J connectivity index is 2.59. The van der Waals surface area contributed by atoms with E-state index in [1.807, 2.05) is 20.8 Å². The van der Waals surface area contributed by atoms with Gasteiger partial charge in [0.25, 0.3) is 0 Å². The van der Waals surface area contributed by atoms with Crippen LogP contribution < -0.4 is 0 Å². The molecule has 0 saturated carbocycles. The van der Waals surface area contributed by atoms with Crippen LogP contribution in [-0.4, -0.2) is 21.1 Å². The van der Waals surface area contributed by atoms with Crippen LogP contribution in [0.3, 0.4) is 0 Å². The summed E-state index contributed by atoms with van der Waals surface area (Å²) in [5.74, 6) is 0. The van der Waals surface area contributed by atoms with Crippen molar-refractivity contribution in [2.45, 2.75) is 20.8 Å². The van der Waals surface area contributed by atoms with Crippen LogP contribution in [0.2, 0.25) is 0 Å². The molecule has 0 N–H and O–H groups in total. The second kappa shape index (κ2) is 4.13. The maximum absolute atomic E-state index is 10.8. The van der Waals surface area contributed by atoms with Crippen molar-refractivity contribution in [3.63, 3.8) is 0 Å². The molecule has 0 aliphatic carbocycles. The first-order valence-electron chi connectivity index (χ1n) is 5.47. The van der Waals surface area contributed by atoms with E-state index in [0.717, 1.165) is 34.5 Å². The van der Waals surface area contributed by atoms with Crippen molar-refractivity contribution in [3.05, 3.63) is 34.6 Å². The first kappa shape index (κ1) is 11.5. The summed E-state index contributed by atoms with van der Waals surface area (Å²) in [5, 5.41) is 4.31. The molecule has 2 rings (SSSR count). The summed E-state index contributed by atoms with van der Waals surface area (Å²) in [6.45, 7) is 6.01. The lowest BCUT2D eigenvalue weighted by molar-refractivity contribution is 0.111. The van der Waals surface area contributed by atoms with Crippen LogP contribution in [0.5, 0.6) is 0 Å². The standard InChI is InChI=1S/C13H15N3O/c1-8-5-9(2)13(14-10(8)3)12-6-11(7-17)16(4)15-12/h5-7H,1-4H3. The third kappa shape index (κ3) is 1.98. The van der Waals surface area contributed by atoms with Gasteiger partial charge in [-0.1, -0.05) is 6.07 Å². The molecule has 0 aromatic carbocycles. The van der Waals surface area contributed by atoms with Crippen molar-refractivity contribution in [3.8, 4) is 11.4 Å². The first-order chi connectivity index (χ1) is 8.02. The van der Waals surface area contributed by atoms with Gasteiger partial charge in [-0.05, 0) is 38.0 Å². The fourth-order valence-corrected chi connectivity index (χ4v) is 1.81. The Morgan fingerprint density at radius 1 is 1.18 bits per heavy atom. The van der Waals surface area contributed by atoms with Gasteiger partial charge < -0.3 is 0 Å². The summed E-state index contributed by atoms with van der Waals surface area (Å²) in [5.41, 5.74) is 5.37. The van der Waals surface area contributed by atoms with Crippen molar-refractivity contribution in [1.82, 2.24) is 14.8 Å². The maximum Gasteiger partial charge on any atom is 0.168 e. The number of carbonyl (C=O) groups excluding carboxylic acids is 1. The van der Waals surface area contributed by atoms with E-state index in [9.17, 15) is 4.79 Å². The van der Waals surface area contributed by atoms with E-state index in [1.54, 1.807) is 17.8 Å². The van der Waals surface area contributed by atoms with Crippen LogP contribution in [0.25, 0.3) is 11.4 Å². The Bertz CT molecular complexity index is 585. The van der Waals surface area contributed by atoms with Crippen molar-refractivity contribution >= 4 is 6.29 Å². The molecular weight excluding hydrogens is 214 g/mol. The van der Waals surface area contributed by atoms with Gasteiger partial charge in [-0.25, -0.2) is 0 Å². The van der Waals surface area contributed by atoms with Crippen LogP contribution in [0.4, 0.5) is 0 Å². The fourth-order valence-electron chi connectivity index (χ4n) is 1.81. The van der Waals surface area contributed by atoms with E-state index >= 15 is 0 Å². The SMILES string of the molecule is Cc1cc(C)c(-c2cc(C=O)n(C)n2)nc1C. The van der Waals surface area contributed by atoms with Gasteiger partial charge in [-0.15, -0.1) is 0 Å². The molecule has 0 radical (unpaired) electrons. The minimum Gasteiger partial charge on any atom is -0.296 e. The summed E-state index contributed by atoms with van der Waals surface area (Å²) in [4.78, 5) is 15.3. The molecular formula is C13H15N3O. The monoisotopic (exact) mass is 229 g/mol. The minimum atomic E-state index is 0.555. The van der Waals surface area contributed by atoms with E-state index < -0.39 is 0 Å². The molecule has 2 aromatic heterocycles. The number of hydrogen-bond donors (Lipinski definition) is 0. The van der Waals surface area contributed by atoms with E-state index in [4.69, 9.17) is 0 Å². The number of aromatic nitrogens is 3. The quantitative estimate of drug-likeness (QED) is 0.742. The zero-order valence-corrected chi connectivity index (χ0v) is 10.5. The molecule has 4 nitrogen and oxygen atoms in total. The topological polar surface area (TPSA) is 47.8 Å². The van der Waals surface area contributed by atoms with E-state index in [1.165, 1.54) is 0 Å². The van der Waals surface area contributed by atoms with Crippen molar-refractivity contribution in [1.29, 1.82) is 0 Å². The molecule has 0 aliphatic heterocycles. The number of nitrogens with zero attached hydrogens (tertiary/aromatic N) is 3. The minimum absolute atomic E-state index is 0.555. The van der Waals surface area contributed by atoms with Crippen LogP contribution in [-0.2, 0) is 7.05 Å². The second-order valence-corrected chi connectivity index (χ2v) is 4.25. The maximum atomic E-state index is 10.8. The van der Waals surface area contributed by atoms with Gasteiger partial charge in [-0.3, -0.25) is 14.5 Å². The van der Waals surface area contributed by atoms with Crippen LogP contribution >= 0.6 is 0 Å². The summed E-state index contributed by atoms with van der Waals surface area (Å²) in [6, 6.07) is 3.85. The second-order valence-electron chi connectivity index (χ2n) is 4.25. The van der Waals surface area contributed by atoms with Crippen molar-refractivity contribution in [2.24, 2.45) is 7.05 Å². The molecule has 88 valence electrons. The average Bonchev–Trinajstić information content (AvgIpc) is 2.65. The van der Waals surface area contributed by atoms with Gasteiger partial charge in [-0.2, -0.15) is 5.10 Å². The molecule has 4 heteroatoms.